The molecule has 7 heteroatoms. The van der Waals surface area contributed by atoms with Gasteiger partial charge < -0.3 is 21.2 Å². The third kappa shape index (κ3) is 1520. The fourth-order valence-corrected chi connectivity index (χ4v) is 0. The molecule has 0 saturated carbocycles. The second-order valence-electron chi connectivity index (χ2n) is 0.283. The van der Waals surface area contributed by atoms with Gasteiger partial charge in [-0.3, -0.25) is 0 Å². The van der Waals surface area contributed by atoms with Crippen LogP contribution in [-0.4, -0.2) is 44.7 Å². The van der Waals surface area contributed by atoms with Gasteiger partial charge in [-0.2, -0.15) is 0 Å². The van der Waals surface area contributed by atoms with E-state index < -0.39 is 6.16 Å². The first-order chi connectivity index (χ1) is 1.73. The molecule has 40 valence electrons. The van der Waals surface area contributed by atoms with Crippen LogP contribution in [-0.2, 0) is 19.5 Å². The van der Waals surface area contributed by atoms with Crippen LogP contribution in [0.25, 0.3) is 0 Å². The first kappa shape index (κ1) is 40.2. The summed E-state index contributed by atoms with van der Waals surface area (Å²) in [4.78, 5) is 8.56. The minimum absolute atomic E-state index is 0. The van der Waals surface area contributed by atoms with Crippen molar-refractivity contribution in [1.82, 2.24) is 0 Å². The average molecular weight is 190 g/mol. The largest absolute Gasteiger partial charge is 3.00 e. The quantitative estimate of drug-likeness (QED) is 0.438. The standard InChI is InChI=1S/CH2O3.Al.2H2O.Zn/c2-1(3)4;;;;/h(H2,2,3,4);;2*1H2;/q;+3;;;+2. The predicted molar refractivity (Wildman–Crippen MR) is 23.6 cm³/mol. The minimum atomic E-state index is -1.83. The van der Waals surface area contributed by atoms with Gasteiger partial charge in [0.2, 0.25) is 0 Å². The predicted octanol–water partition coefficient (Wildman–Crippen LogP) is -1.81. The number of carboxylic acid groups (broad SMARTS) is 2. The van der Waals surface area contributed by atoms with Gasteiger partial charge in [-0.1, -0.05) is 0 Å². The molecule has 0 heterocycles. The molecular weight excluding hydrogens is 184 g/mol. The van der Waals surface area contributed by atoms with Crippen LogP contribution in [0.5, 0.6) is 0 Å². The summed E-state index contributed by atoms with van der Waals surface area (Å²) in [5.74, 6) is 0. The van der Waals surface area contributed by atoms with Crippen LogP contribution >= 0.6 is 0 Å². The van der Waals surface area contributed by atoms with Crippen molar-refractivity contribution < 1.29 is 45.4 Å². The van der Waals surface area contributed by atoms with Gasteiger partial charge in [-0.05, 0) is 0 Å². The molecule has 0 aromatic carbocycles. The van der Waals surface area contributed by atoms with Gasteiger partial charge in [0, 0.05) is 0 Å². The minimum Gasteiger partial charge on any atom is -0.450 e. The van der Waals surface area contributed by atoms with Crippen LogP contribution < -0.4 is 0 Å². The first-order valence-corrected chi connectivity index (χ1v) is 0.651. The van der Waals surface area contributed by atoms with E-state index in [1.165, 1.54) is 0 Å². The van der Waals surface area contributed by atoms with Gasteiger partial charge in [0.05, 0.1) is 0 Å². The smallest absolute Gasteiger partial charge is 0.450 e. The fourth-order valence-electron chi connectivity index (χ4n) is 0. The van der Waals surface area contributed by atoms with E-state index in [-0.39, 0.29) is 47.8 Å². The van der Waals surface area contributed by atoms with E-state index in [4.69, 9.17) is 15.0 Å². The second kappa shape index (κ2) is 26.4. The topological polar surface area (TPSA) is 121 Å². The monoisotopic (exact) mass is 189 g/mol. The molecule has 0 rings (SSSR count). The zero-order chi connectivity index (χ0) is 3.58. The van der Waals surface area contributed by atoms with Crippen LogP contribution in [0.1, 0.15) is 0 Å². The van der Waals surface area contributed by atoms with E-state index in [0.29, 0.717) is 0 Å². The van der Waals surface area contributed by atoms with E-state index in [1.807, 2.05) is 0 Å². The van der Waals surface area contributed by atoms with Gasteiger partial charge in [0.1, 0.15) is 0 Å². The molecule has 5 nitrogen and oxygen atoms in total. The molecule has 0 aliphatic heterocycles. The van der Waals surface area contributed by atoms with Crippen molar-refractivity contribution in [1.29, 1.82) is 0 Å². The molecule has 0 atom stereocenters. The number of hydrogen-bond donors (Lipinski definition) is 2. The summed E-state index contributed by atoms with van der Waals surface area (Å²) in [5, 5.41) is 13.9. The third-order valence-electron chi connectivity index (χ3n) is 0. The van der Waals surface area contributed by atoms with Crippen molar-refractivity contribution in [3.63, 3.8) is 0 Å². The molecule has 0 bridgehead atoms. The van der Waals surface area contributed by atoms with Crippen molar-refractivity contribution in [3.05, 3.63) is 0 Å². The molecule has 0 aromatic rings. The molecule has 0 saturated heterocycles. The Morgan fingerprint density at radius 1 is 1.12 bits per heavy atom. The van der Waals surface area contributed by atoms with Gasteiger partial charge in [0.25, 0.3) is 0 Å². The molecule has 0 spiro atoms. The Morgan fingerprint density at radius 2 is 1.12 bits per heavy atom. The van der Waals surface area contributed by atoms with Crippen LogP contribution in [0.3, 0.4) is 0 Å². The Morgan fingerprint density at radius 3 is 1.12 bits per heavy atom. The van der Waals surface area contributed by atoms with Gasteiger partial charge >= 0.3 is 43.0 Å². The summed E-state index contributed by atoms with van der Waals surface area (Å²) in [6, 6.07) is 0. The molecule has 0 aromatic heterocycles. The summed E-state index contributed by atoms with van der Waals surface area (Å²) in [7, 11) is 0. The van der Waals surface area contributed by atoms with E-state index >= 15 is 0 Å². The summed E-state index contributed by atoms with van der Waals surface area (Å²) < 4.78 is 0. The zero-order valence-electron chi connectivity index (χ0n) is 4.09. The zero-order valence-corrected chi connectivity index (χ0v) is 8.21. The molecule has 0 aliphatic carbocycles. The van der Waals surface area contributed by atoms with E-state index in [9.17, 15) is 0 Å². The summed E-state index contributed by atoms with van der Waals surface area (Å²) in [5.41, 5.74) is 0. The van der Waals surface area contributed by atoms with Crippen molar-refractivity contribution >= 4 is 23.5 Å². The van der Waals surface area contributed by atoms with Gasteiger partial charge in [0.15, 0.2) is 0 Å². The fraction of sp³-hybridized carbons (Fsp3) is 0. The maximum atomic E-state index is 8.56. The third-order valence-corrected chi connectivity index (χ3v) is 0. The molecular formula is CH6AlO5Zn+5. The van der Waals surface area contributed by atoms with Crippen LogP contribution in [0, 0.1) is 0 Å². The summed E-state index contributed by atoms with van der Waals surface area (Å²) in [6.45, 7) is 0. The second-order valence-corrected chi connectivity index (χ2v) is 0.283. The Bertz CT molecular complexity index is 35.4. The van der Waals surface area contributed by atoms with Gasteiger partial charge in [-0.15, -0.1) is 0 Å². The maximum Gasteiger partial charge on any atom is 3.00 e. The van der Waals surface area contributed by atoms with Crippen LogP contribution in [0.4, 0.5) is 4.79 Å². The number of carbonyl (C=O) groups is 1. The Labute approximate surface area is 69.2 Å². The first-order valence-electron chi connectivity index (χ1n) is 0.651. The van der Waals surface area contributed by atoms with Crippen molar-refractivity contribution in [3.8, 4) is 0 Å². The average Bonchev–Trinajstić information content (AvgIpc) is 0.811. The van der Waals surface area contributed by atoms with Crippen molar-refractivity contribution in [2.45, 2.75) is 0 Å². The van der Waals surface area contributed by atoms with Gasteiger partial charge in [-0.25, -0.2) is 4.79 Å². The molecule has 8 heavy (non-hydrogen) atoms. The van der Waals surface area contributed by atoms with Crippen LogP contribution in [0.2, 0.25) is 0 Å². The number of hydrogen-bond acceptors (Lipinski definition) is 1. The van der Waals surface area contributed by atoms with Crippen molar-refractivity contribution in [2.24, 2.45) is 0 Å². The molecule has 0 aliphatic rings. The summed E-state index contributed by atoms with van der Waals surface area (Å²) in [6.07, 6.45) is -1.83. The number of rotatable bonds is 0. The summed E-state index contributed by atoms with van der Waals surface area (Å²) >= 11 is 0. The molecule has 0 amide bonds. The van der Waals surface area contributed by atoms with E-state index in [0.717, 1.165) is 0 Å². The SMILES string of the molecule is O.O.O=C(O)O.[Al+3].[Zn+2]. The molecule has 0 fully saturated rings. The Kier molecular flexibility index (Phi) is 133. The van der Waals surface area contributed by atoms with E-state index in [2.05, 4.69) is 0 Å². The Hall–Kier alpha value is 0.346. The maximum absolute atomic E-state index is 8.56. The van der Waals surface area contributed by atoms with Crippen molar-refractivity contribution in [2.75, 3.05) is 0 Å². The molecule has 0 unspecified atom stereocenters. The molecule has 6 N–H and O–H groups in total. The van der Waals surface area contributed by atoms with Crippen LogP contribution in [0.15, 0.2) is 0 Å². The normalized spacial score (nSPS) is 3.00. The van der Waals surface area contributed by atoms with E-state index in [1.54, 1.807) is 0 Å². The molecule has 0 radical (unpaired) electrons. The Balaban J connectivity index is -0.00000000750.